The standard InChI is InChI=1S/C21H22N6S/c1-16-4-5-18(28-16)15-25-9-11-26(12-10-25)20-21-24-14-19(27(21)8-7-23-20)17-3-2-6-22-13-17/h2-8,13-14H,9-12,15H2,1H3. The zero-order valence-electron chi connectivity index (χ0n) is 15.8. The summed E-state index contributed by atoms with van der Waals surface area (Å²) in [7, 11) is 0. The Bertz CT molecular complexity index is 1080. The Morgan fingerprint density at radius 2 is 1.89 bits per heavy atom. The molecular formula is C21H22N6S. The molecule has 0 bridgehead atoms. The lowest BCUT2D eigenvalue weighted by atomic mass is 10.2. The second-order valence-corrected chi connectivity index (χ2v) is 8.48. The van der Waals surface area contributed by atoms with Gasteiger partial charge in [-0.3, -0.25) is 14.3 Å². The Morgan fingerprint density at radius 1 is 1.00 bits per heavy atom. The zero-order chi connectivity index (χ0) is 18.9. The zero-order valence-corrected chi connectivity index (χ0v) is 16.6. The van der Waals surface area contributed by atoms with Crippen molar-refractivity contribution in [1.29, 1.82) is 0 Å². The summed E-state index contributed by atoms with van der Waals surface area (Å²) in [5.41, 5.74) is 3.00. The molecule has 5 rings (SSSR count). The number of rotatable bonds is 4. The van der Waals surface area contributed by atoms with Crippen molar-refractivity contribution in [2.24, 2.45) is 0 Å². The van der Waals surface area contributed by atoms with Crippen LogP contribution in [0.5, 0.6) is 0 Å². The number of thiophene rings is 1. The molecule has 0 N–H and O–H groups in total. The Hall–Kier alpha value is -2.77. The highest BCUT2D eigenvalue weighted by Gasteiger charge is 2.21. The molecule has 4 aromatic heterocycles. The highest BCUT2D eigenvalue weighted by atomic mass is 32.1. The number of fused-ring (bicyclic) bond motifs is 1. The Morgan fingerprint density at radius 3 is 2.64 bits per heavy atom. The molecule has 1 aliphatic heterocycles. The van der Waals surface area contributed by atoms with Crippen molar-refractivity contribution in [3.05, 3.63) is 65.0 Å². The van der Waals surface area contributed by atoms with Crippen molar-refractivity contribution in [2.75, 3.05) is 31.1 Å². The van der Waals surface area contributed by atoms with E-state index in [1.54, 1.807) is 6.20 Å². The van der Waals surface area contributed by atoms with Gasteiger partial charge in [-0.25, -0.2) is 9.97 Å². The summed E-state index contributed by atoms with van der Waals surface area (Å²) >= 11 is 1.90. The molecule has 0 saturated carbocycles. The van der Waals surface area contributed by atoms with Crippen LogP contribution in [0.4, 0.5) is 5.82 Å². The van der Waals surface area contributed by atoms with Crippen molar-refractivity contribution in [1.82, 2.24) is 24.3 Å². The molecule has 6 nitrogen and oxygen atoms in total. The van der Waals surface area contributed by atoms with Crippen molar-refractivity contribution < 1.29 is 0 Å². The molecule has 142 valence electrons. The highest BCUT2D eigenvalue weighted by molar-refractivity contribution is 7.11. The molecule has 0 aliphatic carbocycles. The third-order valence-electron chi connectivity index (χ3n) is 5.21. The van der Waals surface area contributed by atoms with Gasteiger partial charge in [0.2, 0.25) is 0 Å². The number of piperazine rings is 1. The maximum atomic E-state index is 4.68. The number of aromatic nitrogens is 4. The van der Waals surface area contributed by atoms with Crippen LogP contribution in [0.25, 0.3) is 16.9 Å². The van der Waals surface area contributed by atoms with Crippen LogP contribution in [-0.4, -0.2) is 50.4 Å². The topological polar surface area (TPSA) is 49.6 Å². The number of anilines is 1. The van der Waals surface area contributed by atoms with Gasteiger partial charge in [0.1, 0.15) is 0 Å². The van der Waals surface area contributed by atoms with E-state index in [2.05, 4.69) is 54.3 Å². The minimum atomic E-state index is 0.906. The fourth-order valence-corrected chi connectivity index (χ4v) is 4.70. The van der Waals surface area contributed by atoms with Crippen LogP contribution in [-0.2, 0) is 6.54 Å². The number of imidazole rings is 1. The van der Waals surface area contributed by atoms with Gasteiger partial charge in [-0.05, 0) is 31.2 Å². The van der Waals surface area contributed by atoms with Crippen molar-refractivity contribution >= 4 is 22.8 Å². The number of hydrogen-bond acceptors (Lipinski definition) is 6. The fourth-order valence-electron chi connectivity index (χ4n) is 3.76. The quantitative estimate of drug-likeness (QED) is 0.534. The first-order chi connectivity index (χ1) is 13.8. The van der Waals surface area contributed by atoms with E-state index >= 15 is 0 Å². The van der Waals surface area contributed by atoms with Crippen LogP contribution in [0.15, 0.2) is 55.2 Å². The monoisotopic (exact) mass is 390 g/mol. The summed E-state index contributed by atoms with van der Waals surface area (Å²) in [5.74, 6) is 0.962. The normalized spacial score (nSPS) is 15.4. The summed E-state index contributed by atoms with van der Waals surface area (Å²) in [4.78, 5) is 21.3. The van der Waals surface area contributed by atoms with Gasteiger partial charge in [0, 0.05) is 72.8 Å². The van der Waals surface area contributed by atoms with Crippen LogP contribution in [0.2, 0.25) is 0 Å². The Kier molecular flexibility index (Phi) is 4.54. The first kappa shape index (κ1) is 17.3. The van der Waals surface area contributed by atoms with Crippen LogP contribution in [0, 0.1) is 6.92 Å². The lowest BCUT2D eigenvalue weighted by molar-refractivity contribution is 0.251. The third-order valence-corrected chi connectivity index (χ3v) is 6.20. The molecule has 0 amide bonds. The number of aryl methyl sites for hydroxylation is 1. The highest BCUT2D eigenvalue weighted by Crippen LogP contribution is 2.26. The predicted molar refractivity (Wildman–Crippen MR) is 113 cm³/mol. The van der Waals surface area contributed by atoms with Gasteiger partial charge >= 0.3 is 0 Å². The van der Waals surface area contributed by atoms with E-state index in [0.29, 0.717) is 0 Å². The second-order valence-electron chi connectivity index (χ2n) is 7.11. The first-order valence-electron chi connectivity index (χ1n) is 9.53. The summed E-state index contributed by atoms with van der Waals surface area (Å²) in [6.45, 7) is 7.21. The smallest absolute Gasteiger partial charge is 0.180 e. The van der Waals surface area contributed by atoms with Gasteiger partial charge in [-0.1, -0.05) is 0 Å². The van der Waals surface area contributed by atoms with E-state index < -0.39 is 0 Å². The molecule has 0 spiro atoms. The van der Waals surface area contributed by atoms with Crippen LogP contribution in [0.3, 0.4) is 0 Å². The summed E-state index contributed by atoms with van der Waals surface area (Å²) < 4.78 is 2.11. The minimum Gasteiger partial charge on any atom is -0.351 e. The van der Waals surface area contributed by atoms with Crippen molar-refractivity contribution in [3.8, 4) is 11.3 Å². The molecule has 0 atom stereocenters. The largest absolute Gasteiger partial charge is 0.351 e. The minimum absolute atomic E-state index is 0.906. The molecular weight excluding hydrogens is 368 g/mol. The fraction of sp³-hybridized carbons (Fsp3) is 0.286. The maximum absolute atomic E-state index is 4.68. The molecule has 1 fully saturated rings. The lowest BCUT2D eigenvalue weighted by Crippen LogP contribution is -2.46. The molecule has 0 radical (unpaired) electrons. The first-order valence-corrected chi connectivity index (χ1v) is 10.3. The van der Waals surface area contributed by atoms with Gasteiger partial charge in [-0.15, -0.1) is 11.3 Å². The molecule has 0 unspecified atom stereocenters. The molecule has 0 aromatic carbocycles. The van der Waals surface area contributed by atoms with Crippen molar-refractivity contribution in [3.63, 3.8) is 0 Å². The summed E-state index contributed by atoms with van der Waals surface area (Å²) in [6.07, 6.45) is 9.41. The summed E-state index contributed by atoms with van der Waals surface area (Å²) in [6, 6.07) is 8.46. The average Bonchev–Trinajstić information content (AvgIpc) is 3.35. The van der Waals surface area contributed by atoms with Crippen LogP contribution in [0.1, 0.15) is 9.75 Å². The maximum Gasteiger partial charge on any atom is 0.180 e. The SMILES string of the molecule is Cc1ccc(CN2CCN(c3nccn4c(-c5cccnc5)cnc34)CC2)s1. The van der Waals surface area contributed by atoms with Gasteiger partial charge in [0.15, 0.2) is 11.5 Å². The molecule has 4 aromatic rings. The van der Waals surface area contributed by atoms with E-state index in [9.17, 15) is 0 Å². The average molecular weight is 391 g/mol. The van der Waals surface area contributed by atoms with Gasteiger partial charge in [0.25, 0.3) is 0 Å². The van der Waals surface area contributed by atoms with Gasteiger partial charge in [0.05, 0.1) is 11.9 Å². The lowest BCUT2D eigenvalue weighted by Gasteiger charge is -2.35. The van der Waals surface area contributed by atoms with Gasteiger partial charge < -0.3 is 4.90 Å². The van der Waals surface area contributed by atoms with Crippen LogP contribution >= 0.6 is 11.3 Å². The number of nitrogens with zero attached hydrogens (tertiary/aromatic N) is 6. The molecule has 5 heterocycles. The predicted octanol–water partition coefficient (Wildman–Crippen LogP) is 3.48. The van der Waals surface area contributed by atoms with E-state index in [1.165, 1.54) is 9.75 Å². The van der Waals surface area contributed by atoms with E-state index in [0.717, 1.165) is 55.4 Å². The van der Waals surface area contributed by atoms with Crippen LogP contribution < -0.4 is 4.90 Å². The Balaban J connectivity index is 1.35. The van der Waals surface area contributed by atoms with Crippen molar-refractivity contribution in [2.45, 2.75) is 13.5 Å². The second kappa shape index (κ2) is 7.33. The van der Waals surface area contributed by atoms with Gasteiger partial charge in [-0.2, -0.15) is 0 Å². The third kappa shape index (κ3) is 3.27. The van der Waals surface area contributed by atoms with E-state index in [1.807, 2.05) is 42.2 Å². The van der Waals surface area contributed by atoms with E-state index in [-0.39, 0.29) is 0 Å². The molecule has 28 heavy (non-hydrogen) atoms. The number of pyridine rings is 1. The summed E-state index contributed by atoms with van der Waals surface area (Å²) in [5, 5.41) is 0. The molecule has 1 saturated heterocycles. The Labute approximate surface area is 168 Å². The number of hydrogen-bond donors (Lipinski definition) is 0. The molecule has 7 heteroatoms. The molecule has 1 aliphatic rings. The van der Waals surface area contributed by atoms with E-state index in [4.69, 9.17) is 0 Å².